The van der Waals surface area contributed by atoms with Crippen LogP contribution in [0.4, 0.5) is 5.69 Å². The van der Waals surface area contributed by atoms with Crippen molar-refractivity contribution < 1.29 is 27.1 Å². The fourth-order valence-corrected chi connectivity index (χ4v) is 5.44. The summed E-state index contributed by atoms with van der Waals surface area (Å²) in [5, 5.41) is 0.479. The average Bonchev–Trinajstić information content (AvgIpc) is 3.32. The Hall–Kier alpha value is -3.86. The Balaban J connectivity index is 1.51. The van der Waals surface area contributed by atoms with Crippen LogP contribution in [-0.2, 0) is 32.9 Å². The van der Waals surface area contributed by atoms with Crippen LogP contribution in [0.15, 0.2) is 77.2 Å². The Morgan fingerprint density at radius 1 is 1.02 bits per heavy atom. The lowest BCUT2D eigenvalue weighted by Crippen LogP contribution is -2.44. The minimum absolute atomic E-state index is 0.0865. The second kappa shape index (κ2) is 13.2. The predicted octanol–water partition coefficient (Wildman–Crippen LogP) is 5.94. The molecule has 41 heavy (non-hydrogen) atoms. The van der Waals surface area contributed by atoms with Gasteiger partial charge in [-0.3, -0.25) is 9.10 Å². The second-order valence-electron chi connectivity index (χ2n) is 9.35. The topological polar surface area (TPSA) is 102 Å². The van der Waals surface area contributed by atoms with Crippen LogP contribution in [0.5, 0.6) is 5.75 Å². The molecule has 4 rings (SSSR count). The zero-order valence-corrected chi connectivity index (χ0v) is 24.9. The lowest BCUT2D eigenvalue weighted by atomic mass is 10.1. The first-order chi connectivity index (χ1) is 19.6. The van der Waals surface area contributed by atoms with Gasteiger partial charge in [0, 0.05) is 24.2 Å². The van der Waals surface area contributed by atoms with E-state index < -0.39 is 22.7 Å². The number of esters is 1. The Labute approximate surface area is 245 Å². The third-order valence-electron chi connectivity index (χ3n) is 6.30. The van der Waals surface area contributed by atoms with Crippen molar-refractivity contribution in [2.24, 2.45) is 0 Å². The third-order valence-corrected chi connectivity index (χ3v) is 8.36. The van der Waals surface area contributed by atoms with E-state index in [1.54, 1.807) is 55.5 Å². The molecule has 0 aliphatic carbocycles. The molecule has 0 saturated carbocycles. The molecular weight excluding hydrogens is 566 g/mol. The molecule has 0 N–H and O–H groups in total. The van der Waals surface area contributed by atoms with Crippen molar-refractivity contribution >= 4 is 33.5 Å². The number of ether oxygens (including phenoxy) is 2. The third kappa shape index (κ3) is 7.66. The van der Waals surface area contributed by atoms with E-state index in [1.807, 2.05) is 38.1 Å². The maximum absolute atomic E-state index is 13.6. The molecule has 0 unspecified atom stereocenters. The number of anilines is 1. The van der Waals surface area contributed by atoms with Crippen molar-refractivity contribution in [3.8, 4) is 17.2 Å². The molecule has 1 heterocycles. The zero-order valence-electron chi connectivity index (χ0n) is 23.3. The number of hydrogen-bond acceptors (Lipinski definition) is 7. The Bertz CT molecular complexity index is 1590. The summed E-state index contributed by atoms with van der Waals surface area (Å²) in [5.41, 5.74) is 3.69. The smallest absolute Gasteiger partial charge is 0.321 e. The van der Waals surface area contributed by atoms with Gasteiger partial charge in [0.15, 0.2) is 0 Å². The van der Waals surface area contributed by atoms with Crippen molar-refractivity contribution in [2.75, 3.05) is 24.5 Å². The van der Waals surface area contributed by atoms with Crippen LogP contribution in [0, 0.1) is 13.8 Å². The number of nitrogens with zero attached hydrogens (tertiary/aromatic N) is 3. The molecule has 0 spiro atoms. The lowest BCUT2D eigenvalue weighted by Gasteiger charge is -2.28. The predicted molar refractivity (Wildman–Crippen MR) is 158 cm³/mol. The van der Waals surface area contributed by atoms with E-state index in [4.69, 9.17) is 25.5 Å². The largest absolute Gasteiger partial charge is 0.487 e. The molecule has 4 aromatic rings. The molecule has 1 aromatic heterocycles. The number of oxazole rings is 1. The fourth-order valence-electron chi connectivity index (χ4n) is 4.00. The van der Waals surface area contributed by atoms with Gasteiger partial charge in [-0.2, -0.15) is 12.7 Å². The summed E-state index contributed by atoms with van der Waals surface area (Å²) in [5.74, 6) is 1.02. The summed E-state index contributed by atoms with van der Waals surface area (Å²) >= 11 is 5.97. The van der Waals surface area contributed by atoms with Crippen LogP contribution in [0.25, 0.3) is 11.5 Å². The summed E-state index contributed by atoms with van der Waals surface area (Å²) in [7, 11) is -2.70. The molecule has 0 fully saturated rings. The van der Waals surface area contributed by atoms with Gasteiger partial charge in [-0.05, 0) is 74.9 Å². The first kappa shape index (κ1) is 30.1. The Kier molecular flexibility index (Phi) is 9.69. The number of aryl methyl sites for hydroxylation is 2. The minimum Gasteiger partial charge on any atom is -0.487 e. The van der Waals surface area contributed by atoms with Gasteiger partial charge in [0.05, 0.1) is 12.3 Å². The Morgan fingerprint density at radius 3 is 2.41 bits per heavy atom. The quantitative estimate of drug-likeness (QED) is 0.186. The highest BCUT2D eigenvalue weighted by Gasteiger charge is 2.30. The van der Waals surface area contributed by atoms with Crippen molar-refractivity contribution in [3.63, 3.8) is 0 Å². The van der Waals surface area contributed by atoms with Crippen molar-refractivity contribution in [1.29, 1.82) is 0 Å². The van der Waals surface area contributed by atoms with E-state index in [0.29, 0.717) is 39.4 Å². The molecular formula is C30H32ClN3O6S. The summed E-state index contributed by atoms with van der Waals surface area (Å²) in [6, 6.07) is 21.3. The number of carbonyl (C=O) groups is 1. The number of benzene rings is 3. The van der Waals surface area contributed by atoms with E-state index in [1.165, 1.54) is 7.05 Å². The standard InChI is InChI=1S/C30H32ClN3O6S/c1-5-38-29(35)19-34(41(36,37)33(4)26-15-13-25(31)14-16-26)18-23-7-6-8-27(17-23)39-20-28-22(3)40-30(32-28)24-11-9-21(2)10-12-24/h6-17H,5,18-20H2,1-4H3. The Morgan fingerprint density at radius 2 is 1.73 bits per heavy atom. The molecule has 0 aliphatic heterocycles. The minimum atomic E-state index is -4.12. The molecule has 0 saturated heterocycles. The average molecular weight is 598 g/mol. The molecule has 9 nitrogen and oxygen atoms in total. The van der Waals surface area contributed by atoms with Crippen LogP contribution < -0.4 is 9.04 Å². The number of aromatic nitrogens is 1. The van der Waals surface area contributed by atoms with E-state index in [2.05, 4.69) is 4.98 Å². The van der Waals surface area contributed by atoms with E-state index in [-0.39, 0.29) is 19.8 Å². The summed E-state index contributed by atoms with van der Waals surface area (Å²) in [4.78, 5) is 17.0. The molecule has 3 aromatic carbocycles. The van der Waals surface area contributed by atoms with Gasteiger partial charge in [0.25, 0.3) is 0 Å². The first-order valence-electron chi connectivity index (χ1n) is 13.0. The SMILES string of the molecule is CCOC(=O)CN(Cc1cccc(OCc2nc(-c3ccc(C)cc3)oc2C)c1)S(=O)(=O)N(C)c1ccc(Cl)cc1. The highest BCUT2D eigenvalue weighted by molar-refractivity contribution is 7.90. The number of carbonyl (C=O) groups excluding carboxylic acids is 1. The first-order valence-corrected chi connectivity index (χ1v) is 14.7. The summed E-state index contributed by atoms with van der Waals surface area (Å²) in [6.45, 7) is 5.26. The van der Waals surface area contributed by atoms with Gasteiger partial charge in [-0.25, -0.2) is 4.98 Å². The van der Waals surface area contributed by atoms with Crippen LogP contribution in [0.2, 0.25) is 5.02 Å². The van der Waals surface area contributed by atoms with Crippen LogP contribution in [0.3, 0.4) is 0 Å². The zero-order chi connectivity index (χ0) is 29.6. The van der Waals surface area contributed by atoms with Gasteiger partial charge in [0.2, 0.25) is 5.89 Å². The molecule has 0 bridgehead atoms. The fraction of sp³-hybridized carbons (Fsp3) is 0.267. The van der Waals surface area contributed by atoms with Crippen molar-refractivity contribution in [2.45, 2.75) is 33.9 Å². The monoisotopic (exact) mass is 597 g/mol. The second-order valence-corrected chi connectivity index (χ2v) is 11.7. The van der Waals surface area contributed by atoms with Gasteiger partial charge in [-0.15, -0.1) is 0 Å². The highest BCUT2D eigenvalue weighted by Crippen LogP contribution is 2.25. The van der Waals surface area contributed by atoms with Crippen molar-refractivity contribution in [1.82, 2.24) is 9.29 Å². The van der Waals surface area contributed by atoms with E-state index in [9.17, 15) is 13.2 Å². The molecule has 0 radical (unpaired) electrons. The number of halogens is 1. The maximum Gasteiger partial charge on any atom is 0.321 e. The van der Waals surface area contributed by atoms with Crippen LogP contribution >= 0.6 is 11.6 Å². The van der Waals surface area contributed by atoms with Crippen LogP contribution in [0.1, 0.15) is 29.5 Å². The van der Waals surface area contributed by atoms with Gasteiger partial charge in [-0.1, -0.05) is 41.4 Å². The maximum atomic E-state index is 13.6. The lowest BCUT2D eigenvalue weighted by molar-refractivity contribution is -0.143. The summed E-state index contributed by atoms with van der Waals surface area (Å²) in [6.07, 6.45) is 0. The van der Waals surface area contributed by atoms with Gasteiger partial charge >= 0.3 is 16.2 Å². The molecule has 11 heteroatoms. The van der Waals surface area contributed by atoms with Gasteiger partial charge < -0.3 is 13.9 Å². The molecule has 0 amide bonds. The van der Waals surface area contributed by atoms with E-state index in [0.717, 1.165) is 19.7 Å². The summed E-state index contributed by atoms with van der Waals surface area (Å²) < 4.78 is 46.2. The number of rotatable bonds is 12. The molecule has 0 atom stereocenters. The molecule has 216 valence electrons. The highest BCUT2D eigenvalue weighted by atomic mass is 35.5. The molecule has 0 aliphatic rings. The van der Waals surface area contributed by atoms with Gasteiger partial charge in [0.1, 0.15) is 30.4 Å². The number of hydrogen-bond donors (Lipinski definition) is 0. The van der Waals surface area contributed by atoms with Crippen molar-refractivity contribution in [3.05, 3.63) is 100 Å². The van der Waals surface area contributed by atoms with Crippen LogP contribution in [-0.4, -0.2) is 43.9 Å². The normalized spacial score (nSPS) is 11.5. The van der Waals surface area contributed by atoms with E-state index >= 15 is 0 Å².